The number of aliphatic carboxylic acids is 2. The van der Waals surface area contributed by atoms with Gasteiger partial charge in [0.15, 0.2) is 11.9 Å². The van der Waals surface area contributed by atoms with Crippen molar-refractivity contribution < 1.29 is 29.3 Å². The molecule has 0 heterocycles. The van der Waals surface area contributed by atoms with Crippen LogP contribution in [0.25, 0.3) is 0 Å². The largest absolute Gasteiger partial charge is 0.481 e. The summed E-state index contributed by atoms with van der Waals surface area (Å²) in [7, 11) is 1.44. The monoisotopic (exact) mass is 290 g/mol. The molecule has 118 valence electrons. The molecule has 2 N–H and O–H groups in total. The van der Waals surface area contributed by atoms with Gasteiger partial charge in [-0.15, -0.1) is 0 Å². The van der Waals surface area contributed by atoms with Gasteiger partial charge in [-0.2, -0.15) is 0 Å². The molecule has 6 heteroatoms. The highest BCUT2D eigenvalue weighted by molar-refractivity contribution is 5.78. The van der Waals surface area contributed by atoms with Crippen molar-refractivity contribution in [3.8, 4) is 0 Å². The SMILES string of the molecule is COC(C)OC(C)(C(=O)O)C(C)(C)C(C)CCC(=O)O. The van der Waals surface area contributed by atoms with Gasteiger partial charge in [-0.25, -0.2) is 4.79 Å². The maximum atomic E-state index is 11.7. The van der Waals surface area contributed by atoms with E-state index >= 15 is 0 Å². The van der Waals surface area contributed by atoms with Gasteiger partial charge in [-0.3, -0.25) is 4.79 Å². The molecule has 0 spiro atoms. The third-order valence-electron chi connectivity index (χ3n) is 4.39. The van der Waals surface area contributed by atoms with Crippen molar-refractivity contribution in [2.75, 3.05) is 7.11 Å². The first kappa shape index (κ1) is 18.9. The molecule has 0 aliphatic rings. The van der Waals surface area contributed by atoms with Crippen LogP contribution in [0.2, 0.25) is 0 Å². The second kappa shape index (κ2) is 7.04. The van der Waals surface area contributed by atoms with E-state index in [0.29, 0.717) is 6.42 Å². The highest BCUT2D eigenvalue weighted by Gasteiger charge is 2.52. The second-order valence-electron chi connectivity index (χ2n) is 5.81. The lowest BCUT2D eigenvalue weighted by Gasteiger charge is -2.45. The standard InChI is InChI=1S/C14H26O6/c1-9(7-8-11(15)16)13(3,4)14(5,12(17)18)20-10(2)19-6/h9-10H,7-8H2,1-6H3,(H,15,16)(H,17,18). The highest BCUT2D eigenvalue weighted by Crippen LogP contribution is 2.43. The van der Waals surface area contributed by atoms with E-state index < -0.39 is 29.2 Å². The summed E-state index contributed by atoms with van der Waals surface area (Å²) in [5.74, 6) is -2.13. The quantitative estimate of drug-likeness (QED) is 0.633. The zero-order chi connectivity index (χ0) is 16.1. The van der Waals surface area contributed by atoms with Crippen LogP contribution in [0.3, 0.4) is 0 Å². The molecule has 0 aromatic heterocycles. The minimum atomic E-state index is -1.47. The summed E-state index contributed by atoms with van der Waals surface area (Å²) < 4.78 is 10.6. The minimum absolute atomic E-state index is 0.000126. The van der Waals surface area contributed by atoms with Crippen molar-refractivity contribution in [2.24, 2.45) is 11.3 Å². The number of ether oxygens (including phenoxy) is 2. The van der Waals surface area contributed by atoms with Crippen LogP contribution in [0.5, 0.6) is 0 Å². The third-order valence-corrected chi connectivity index (χ3v) is 4.39. The van der Waals surface area contributed by atoms with Crippen LogP contribution in [0, 0.1) is 11.3 Å². The van der Waals surface area contributed by atoms with Crippen LogP contribution in [0.15, 0.2) is 0 Å². The first-order valence-electron chi connectivity index (χ1n) is 6.64. The van der Waals surface area contributed by atoms with Crippen LogP contribution in [-0.4, -0.2) is 41.2 Å². The molecule has 0 aliphatic heterocycles. The van der Waals surface area contributed by atoms with Gasteiger partial charge in [0.2, 0.25) is 0 Å². The molecule has 0 aromatic rings. The minimum Gasteiger partial charge on any atom is -0.481 e. The van der Waals surface area contributed by atoms with E-state index in [1.54, 1.807) is 20.8 Å². The first-order chi connectivity index (χ1) is 8.99. The smallest absolute Gasteiger partial charge is 0.336 e. The molecule has 0 radical (unpaired) electrons. The van der Waals surface area contributed by atoms with Crippen molar-refractivity contribution in [1.29, 1.82) is 0 Å². The van der Waals surface area contributed by atoms with Gasteiger partial charge in [-0.05, 0) is 26.2 Å². The van der Waals surface area contributed by atoms with Crippen molar-refractivity contribution >= 4 is 11.9 Å². The van der Waals surface area contributed by atoms with Gasteiger partial charge in [0.25, 0.3) is 0 Å². The fraction of sp³-hybridized carbons (Fsp3) is 0.857. The normalized spacial score (nSPS) is 18.1. The molecule has 0 fully saturated rings. The van der Waals surface area contributed by atoms with E-state index in [-0.39, 0.29) is 12.3 Å². The van der Waals surface area contributed by atoms with Gasteiger partial charge >= 0.3 is 11.9 Å². The molecule has 0 amide bonds. The van der Waals surface area contributed by atoms with E-state index in [0.717, 1.165) is 0 Å². The van der Waals surface area contributed by atoms with E-state index in [1.807, 2.05) is 6.92 Å². The van der Waals surface area contributed by atoms with Crippen molar-refractivity contribution in [2.45, 2.75) is 59.4 Å². The summed E-state index contributed by atoms with van der Waals surface area (Å²) in [5, 5.41) is 18.3. The van der Waals surface area contributed by atoms with Crippen LogP contribution in [0.1, 0.15) is 47.5 Å². The zero-order valence-electron chi connectivity index (χ0n) is 13.1. The average Bonchev–Trinajstić information content (AvgIpc) is 2.34. The lowest BCUT2D eigenvalue weighted by Crippen LogP contribution is -2.55. The van der Waals surface area contributed by atoms with Crippen molar-refractivity contribution in [1.82, 2.24) is 0 Å². The van der Waals surface area contributed by atoms with Gasteiger partial charge in [-0.1, -0.05) is 20.8 Å². The van der Waals surface area contributed by atoms with Crippen LogP contribution < -0.4 is 0 Å². The summed E-state index contributed by atoms with van der Waals surface area (Å²) in [5.41, 5.74) is -2.23. The number of rotatable bonds is 9. The summed E-state index contributed by atoms with van der Waals surface area (Å²) in [6.45, 7) is 8.51. The van der Waals surface area contributed by atoms with Gasteiger partial charge in [0, 0.05) is 18.9 Å². The summed E-state index contributed by atoms with van der Waals surface area (Å²) in [6.07, 6.45) is -0.280. The Morgan fingerprint density at radius 2 is 1.65 bits per heavy atom. The molecule has 3 unspecified atom stereocenters. The number of carbonyl (C=O) groups is 2. The lowest BCUT2D eigenvalue weighted by atomic mass is 9.66. The maximum Gasteiger partial charge on any atom is 0.336 e. The molecule has 0 aliphatic carbocycles. The number of hydrogen-bond acceptors (Lipinski definition) is 4. The predicted octanol–water partition coefficient (Wildman–Crippen LogP) is 2.37. The predicted molar refractivity (Wildman–Crippen MR) is 73.4 cm³/mol. The van der Waals surface area contributed by atoms with Crippen LogP contribution >= 0.6 is 0 Å². The molecule has 6 nitrogen and oxygen atoms in total. The molecule has 3 atom stereocenters. The molecular weight excluding hydrogens is 264 g/mol. The van der Waals surface area contributed by atoms with E-state index in [2.05, 4.69) is 0 Å². The Labute approximate surface area is 120 Å². The Kier molecular flexibility index (Phi) is 6.64. The Hall–Kier alpha value is -1.14. The fourth-order valence-corrected chi connectivity index (χ4v) is 2.03. The number of methoxy groups -OCH3 is 1. The van der Waals surface area contributed by atoms with E-state index in [9.17, 15) is 14.7 Å². The fourth-order valence-electron chi connectivity index (χ4n) is 2.03. The third kappa shape index (κ3) is 4.18. The topological polar surface area (TPSA) is 93.1 Å². The number of carboxylic acid groups (broad SMARTS) is 2. The van der Waals surface area contributed by atoms with Gasteiger partial charge < -0.3 is 19.7 Å². The molecule has 0 bridgehead atoms. The Morgan fingerprint density at radius 3 is 2.00 bits per heavy atom. The van der Waals surface area contributed by atoms with Crippen molar-refractivity contribution in [3.05, 3.63) is 0 Å². The molecule has 0 aromatic carbocycles. The second-order valence-corrected chi connectivity index (χ2v) is 5.81. The average molecular weight is 290 g/mol. The first-order valence-corrected chi connectivity index (χ1v) is 6.64. The summed E-state index contributed by atoms with van der Waals surface area (Å²) >= 11 is 0. The maximum absolute atomic E-state index is 11.7. The zero-order valence-corrected chi connectivity index (χ0v) is 13.1. The van der Waals surface area contributed by atoms with E-state index in [4.69, 9.17) is 14.6 Å². The molecule has 20 heavy (non-hydrogen) atoms. The van der Waals surface area contributed by atoms with E-state index in [1.165, 1.54) is 14.0 Å². The molecule has 0 rings (SSSR count). The van der Waals surface area contributed by atoms with Crippen molar-refractivity contribution in [3.63, 3.8) is 0 Å². The Morgan fingerprint density at radius 1 is 1.15 bits per heavy atom. The molecule has 0 saturated heterocycles. The lowest BCUT2D eigenvalue weighted by molar-refractivity contribution is -0.237. The van der Waals surface area contributed by atoms with Gasteiger partial charge in [0.1, 0.15) is 0 Å². The molecular formula is C14H26O6. The molecule has 0 saturated carbocycles. The Bertz CT molecular complexity index is 352. The van der Waals surface area contributed by atoms with Gasteiger partial charge in [0.05, 0.1) is 0 Å². The summed E-state index contributed by atoms with van der Waals surface area (Å²) in [6, 6.07) is 0. The highest BCUT2D eigenvalue weighted by atomic mass is 16.7. The summed E-state index contributed by atoms with van der Waals surface area (Å²) in [4.78, 5) is 22.3. The number of hydrogen-bond donors (Lipinski definition) is 2. The Balaban J connectivity index is 5.22. The van der Waals surface area contributed by atoms with Crippen LogP contribution in [0.4, 0.5) is 0 Å². The number of carboxylic acids is 2. The van der Waals surface area contributed by atoms with Crippen LogP contribution in [-0.2, 0) is 19.1 Å².